The number of ether oxygens (including phenoxy) is 2. The molecule has 27 heavy (non-hydrogen) atoms. The maximum Gasteiger partial charge on any atom is 0.437 e. The number of fused-ring (bicyclic) bond motifs is 1. The van der Waals surface area contributed by atoms with Gasteiger partial charge in [0.15, 0.2) is 0 Å². The Kier molecular flexibility index (Phi) is 6.13. The number of alkyl carbamates (subject to hydrolysis) is 1. The minimum Gasteiger partial charge on any atom is -0.444 e. The third kappa shape index (κ3) is 6.92. The van der Waals surface area contributed by atoms with E-state index in [1.54, 1.807) is 41.5 Å². The normalized spacial score (nSPS) is 15.0. The fourth-order valence-corrected chi connectivity index (χ4v) is 2.62. The maximum absolute atomic E-state index is 12.2. The van der Waals surface area contributed by atoms with Crippen molar-refractivity contribution in [2.75, 3.05) is 6.54 Å². The smallest absolute Gasteiger partial charge is 0.437 e. The number of nitrogens with one attached hydrogen (secondary N) is 1. The van der Waals surface area contributed by atoms with Gasteiger partial charge in [0.2, 0.25) is 5.96 Å². The molecule has 0 saturated heterocycles. The van der Waals surface area contributed by atoms with Crippen LogP contribution in [0.25, 0.3) is 0 Å². The lowest BCUT2D eigenvalue weighted by molar-refractivity contribution is 0.0553. The van der Waals surface area contributed by atoms with Crippen LogP contribution in [-0.4, -0.2) is 40.8 Å². The topological polar surface area (TPSA) is 80.2 Å². The number of carbonyl (C=O) groups is 2. The first kappa shape index (κ1) is 20.7. The highest BCUT2D eigenvalue weighted by molar-refractivity contribution is 5.99. The van der Waals surface area contributed by atoms with Gasteiger partial charge in [-0.05, 0) is 59.1 Å². The molecule has 0 fully saturated rings. The first-order valence-electron chi connectivity index (χ1n) is 9.06. The van der Waals surface area contributed by atoms with Crippen LogP contribution in [0.15, 0.2) is 29.3 Å². The predicted octanol–water partition coefficient (Wildman–Crippen LogP) is 3.86. The number of guanidine groups is 1. The van der Waals surface area contributed by atoms with Gasteiger partial charge >= 0.3 is 12.2 Å². The molecule has 0 spiro atoms. The van der Waals surface area contributed by atoms with Crippen LogP contribution in [0.2, 0.25) is 0 Å². The van der Waals surface area contributed by atoms with Crippen molar-refractivity contribution in [1.29, 1.82) is 0 Å². The first-order chi connectivity index (χ1) is 12.4. The lowest BCUT2D eigenvalue weighted by Gasteiger charge is -2.31. The molecule has 1 aliphatic rings. The van der Waals surface area contributed by atoms with Crippen LogP contribution in [0.5, 0.6) is 0 Å². The molecule has 1 aliphatic heterocycles. The molecule has 2 amide bonds. The van der Waals surface area contributed by atoms with E-state index in [0.717, 1.165) is 12.0 Å². The molecule has 1 heterocycles. The third-order valence-electron chi connectivity index (χ3n) is 3.63. The zero-order valence-corrected chi connectivity index (χ0v) is 17.0. The van der Waals surface area contributed by atoms with Gasteiger partial charge in [-0.2, -0.15) is 0 Å². The zero-order valence-electron chi connectivity index (χ0n) is 17.0. The summed E-state index contributed by atoms with van der Waals surface area (Å²) in [5.41, 5.74) is 1.05. The number of nitrogens with zero attached hydrogens (tertiary/aromatic N) is 2. The molecule has 2 rings (SSSR count). The summed E-state index contributed by atoms with van der Waals surface area (Å²) in [7, 11) is 0. The SMILES string of the molecule is CC(C)(C)OC(=O)/N=C(/NC(=O)OC(C)(C)C)N1CCc2ccccc2C1. The molecule has 0 unspecified atom stereocenters. The summed E-state index contributed by atoms with van der Waals surface area (Å²) in [4.78, 5) is 30.3. The van der Waals surface area contributed by atoms with Crippen LogP contribution in [0.1, 0.15) is 52.7 Å². The van der Waals surface area contributed by atoms with Gasteiger partial charge in [0.05, 0.1) is 0 Å². The summed E-state index contributed by atoms with van der Waals surface area (Å²) in [6.07, 6.45) is -0.629. The van der Waals surface area contributed by atoms with Gasteiger partial charge in [0.25, 0.3) is 0 Å². The van der Waals surface area contributed by atoms with Gasteiger partial charge in [-0.3, -0.25) is 5.32 Å². The fourth-order valence-electron chi connectivity index (χ4n) is 2.62. The largest absolute Gasteiger partial charge is 0.444 e. The molecular weight excluding hydrogens is 346 g/mol. The van der Waals surface area contributed by atoms with E-state index in [2.05, 4.69) is 16.4 Å². The quantitative estimate of drug-likeness (QED) is 0.550. The van der Waals surface area contributed by atoms with Crippen LogP contribution in [0.4, 0.5) is 9.59 Å². The Balaban J connectivity index is 2.22. The summed E-state index contributed by atoms with van der Waals surface area (Å²) < 4.78 is 10.6. The Morgan fingerprint density at radius 3 is 2.19 bits per heavy atom. The van der Waals surface area contributed by atoms with Crippen molar-refractivity contribution in [2.45, 2.75) is 65.7 Å². The van der Waals surface area contributed by atoms with Crippen molar-refractivity contribution < 1.29 is 19.1 Å². The molecule has 1 N–H and O–H groups in total. The van der Waals surface area contributed by atoms with Crippen LogP contribution in [0, 0.1) is 0 Å². The molecule has 0 bridgehead atoms. The maximum atomic E-state index is 12.2. The molecule has 0 aromatic heterocycles. The highest BCUT2D eigenvalue weighted by atomic mass is 16.6. The van der Waals surface area contributed by atoms with Gasteiger partial charge in [-0.1, -0.05) is 24.3 Å². The second kappa shape index (κ2) is 7.98. The van der Waals surface area contributed by atoms with Crippen molar-refractivity contribution in [3.63, 3.8) is 0 Å². The highest BCUT2D eigenvalue weighted by Gasteiger charge is 2.25. The first-order valence-corrected chi connectivity index (χ1v) is 9.06. The summed E-state index contributed by atoms with van der Waals surface area (Å²) in [6, 6.07) is 8.08. The Labute approximate surface area is 160 Å². The molecule has 0 saturated carbocycles. The van der Waals surface area contributed by atoms with E-state index in [1.165, 1.54) is 5.56 Å². The molecule has 0 aliphatic carbocycles. The van der Waals surface area contributed by atoms with Gasteiger partial charge in [-0.25, -0.2) is 9.59 Å². The average Bonchev–Trinajstić information content (AvgIpc) is 2.50. The van der Waals surface area contributed by atoms with Crippen LogP contribution in [0.3, 0.4) is 0 Å². The number of rotatable bonds is 0. The van der Waals surface area contributed by atoms with E-state index in [1.807, 2.05) is 23.1 Å². The lowest BCUT2D eigenvalue weighted by Crippen LogP contribution is -2.48. The van der Waals surface area contributed by atoms with Crippen molar-refractivity contribution in [2.24, 2.45) is 4.99 Å². The molecule has 7 heteroatoms. The molecule has 7 nitrogen and oxygen atoms in total. The van der Waals surface area contributed by atoms with Gasteiger partial charge < -0.3 is 14.4 Å². The van der Waals surface area contributed by atoms with Crippen molar-refractivity contribution >= 4 is 18.1 Å². The fraction of sp³-hybridized carbons (Fsp3) is 0.550. The molecule has 0 radical (unpaired) electrons. The van der Waals surface area contributed by atoms with Crippen LogP contribution in [-0.2, 0) is 22.4 Å². The van der Waals surface area contributed by atoms with Gasteiger partial charge in [0, 0.05) is 13.1 Å². The lowest BCUT2D eigenvalue weighted by atomic mass is 10.0. The number of hydrogen-bond donors (Lipinski definition) is 1. The van der Waals surface area contributed by atoms with E-state index >= 15 is 0 Å². The van der Waals surface area contributed by atoms with Crippen molar-refractivity contribution in [3.8, 4) is 0 Å². The second-order valence-corrected chi connectivity index (χ2v) is 8.48. The summed E-state index contributed by atoms with van der Waals surface area (Å²) in [6.45, 7) is 11.8. The van der Waals surface area contributed by atoms with Crippen LogP contribution < -0.4 is 5.32 Å². The van der Waals surface area contributed by atoms with Gasteiger partial charge in [-0.15, -0.1) is 4.99 Å². The van der Waals surface area contributed by atoms with Crippen molar-refractivity contribution in [1.82, 2.24) is 10.2 Å². The minimum absolute atomic E-state index is 0.132. The molecule has 0 atom stereocenters. The Hall–Kier alpha value is -2.57. The van der Waals surface area contributed by atoms with E-state index in [-0.39, 0.29) is 5.96 Å². The molecule has 1 aromatic carbocycles. The number of amides is 2. The Morgan fingerprint density at radius 1 is 1.00 bits per heavy atom. The standard InChI is InChI=1S/C20H29N3O4/c1-19(2,3)26-17(24)21-16(22-18(25)27-20(4,5)6)23-12-11-14-9-7-8-10-15(14)13-23/h7-10H,11-13H2,1-6H3,(H,21,22,24,25). The third-order valence-corrected chi connectivity index (χ3v) is 3.63. The second-order valence-electron chi connectivity index (χ2n) is 8.48. The Bertz CT molecular complexity index is 729. The van der Waals surface area contributed by atoms with E-state index < -0.39 is 23.4 Å². The van der Waals surface area contributed by atoms with Gasteiger partial charge in [0.1, 0.15) is 11.2 Å². The minimum atomic E-state index is -0.757. The zero-order chi connectivity index (χ0) is 20.2. The summed E-state index contributed by atoms with van der Waals surface area (Å²) in [5.74, 6) is 0.132. The van der Waals surface area contributed by atoms with Crippen molar-refractivity contribution in [3.05, 3.63) is 35.4 Å². The molecule has 1 aromatic rings. The molecule has 148 valence electrons. The number of carbonyl (C=O) groups excluding carboxylic acids is 2. The van der Waals surface area contributed by atoms with E-state index in [4.69, 9.17) is 9.47 Å². The predicted molar refractivity (Wildman–Crippen MR) is 104 cm³/mol. The number of benzene rings is 1. The summed E-state index contributed by atoms with van der Waals surface area (Å²) in [5, 5.41) is 2.60. The molecular formula is C20H29N3O4. The monoisotopic (exact) mass is 375 g/mol. The van der Waals surface area contributed by atoms with Crippen LogP contribution >= 0.6 is 0 Å². The number of aliphatic imine (C=N–C) groups is 1. The van der Waals surface area contributed by atoms with E-state index in [9.17, 15) is 9.59 Å². The average molecular weight is 375 g/mol. The summed E-state index contributed by atoms with van der Waals surface area (Å²) >= 11 is 0. The van der Waals surface area contributed by atoms with E-state index in [0.29, 0.717) is 13.1 Å². The number of hydrogen-bond acceptors (Lipinski definition) is 4. The Morgan fingerprint density at radius 2 is 1.59 bits per heavy atom. The highest BCUT2D eigenvalue weighted by Crippen LogP contribution is 2.19.